The maximum Gasteiger partial charge on any atom is 0.129 e. The molecule has 4 heteroatoms. The van der Waals surface area contributed by atoms with E-state index in [0.29, 0.717) is 12.3 Å². The molecule has 0 saturated heterocycles. The van der Waals surface area contributed by atoms with E-state index in [1.165, 1.54) is 0 Å². The predicted octanol–water partition coefficient (Wildman–Crippen LogP) is 3.68. The van der Waals surface area contributed by atoms with Gasteiger partial charge in [-0.15, -0.1) is 0 Å². The number of rotatable bonds is 4. The standard InChI is InChI=1S/C17H19N3O/c1-3-20-15-7-5-4-6-14(15)19-17(20)11-18-13-9-8-12(2)16(21)10-13/h4-10,18,21H,3,11H2,1-2H3. The molecule has 1 heterocycles. The van der Waals surface area contributed by atoms with Crippen LogP contribution in [0.15, 0.2) is 42.5 Å². The summed E-state index contributed by atoms with van der Waals surface area (Å²) >= 11 is 0. The molecule has 0 fully saturated rings. The number of imidazole rings is 1. The summed E-state index contributed by atoms with van der Waals surface area (Å²) < 4.78 is 2.20. The molecule has 2 aromatic carbocycles. The molecule has 2 N–H and O–H groups in total. The van der Waals surface area contributed by atoms with E-state index in [2.05, 4.69) is 27.9 Å². The monoisotopic (exact) mass is 281 g/mol. The number of para-hydroxylation sites is 2. The van der Waals surface area contributed by atoms with Crippen molar-refractivity contribution < 1.29 is 5.11 Å². The number of aromatic nitrogens is 2. The van der Waals surface area contributed by atoms with Crippen molar-refractivity contribution in [3.8, 4) is 5.75 Å². The molecule has 0 unspecified atom stereocenters. The minimum absolute atomic E-state index is 0.309. The van der Waals surface area contributed by atoms with E-state index in [-0.39, 0.29) is 0 Å². The van der Waals surface area contributed by atoms with Gasteiger partial charge in [0.15, 0.2) is 0 Å². The van der Waals surface area contributed by atoms with Gasteiger partial charge >= 0.3 is 0 Å². The Balaban J connectivity index is 1.86. The van der Waals surface area contributed by atoms with Crippen LogP contribution in [0.3, 0.4) is 0 Å². The van der Waals surface area contributed by atoms with Gasteiger partial charge in [-0.2, -0.15) is 0 Å². The predicted molar refractivity (Wildman–Crippen MR) is 85.6 cm³/mol. The lowest BCUT2D eigenvalue weighted by molar-refractivity contribution is 0.471. The van der Waals surface area contributed by atoms with E-state index in [1.807, 2.05) is 37.3 Å². The molecule has 0 atom stereocenters. The first-order valence-corrected chi connectivity index (χ1v) is 7.16. The first-order valence-electron chi connectivity index (χ1n) is 7.16. The number of anilines is 1. The van der Waals surface area contributed by atoms with Crippen molar-refractivity contribution in [3.05, 3.63) is 53.9 Å². The fourth-order valence-corrected chi connectivity index (χ4v) is 2.51. The van der Waals surface area contributed by atoms with Gasteiger partial charge in [-0.25, -0.2) is 4.98 Å². The summed E-state index contributed by atoms with van der Waals surface area (Å²) in [5, 5.41) is 13.1. The van der Waals surface area contributed by atoms with Crippen LogP contribution >= 0.6 is 0 Å². The second-order valence-electron chi connectivity index (χ2n) is 5.12. The van der Waals surface area contributed by atoms with Crippen molar-refractivity contribution in [2.45, 2.75) is 26.9 Å². The third-order valence-electron chi connectivity index (χ3n) is 3.71. The molecule has 0 amide bonds. The second kappa shape index (κ2) is 5.48. The lowest BCUT2D eigenvalue weighted by Gasteiger charge is -2.09. The molecule has 21 heavy (non-hydrogen) atoms. The average Bonchev–Trinajstić information content (AvgIpc) is 2.86. The van der Waals surface area contributed by atoms with Crippen LogP contribution in [0.2, 0.25) is 0 Å². The zero-order chi connectivity index (χ0) is 14.8. The van der Waals surface area contributed by atoms with Gasteiger partial charge < -0.3 is 15.0 Å². The van der Waals surface area contributed by atoms with Crippen molar-refractivity contribution in [3.63, 3.8) is 0 Å². The Kier molecular flexibility index (Phi) is 3.52. The number of nitrogens with zero attached hydrogens (tertiary/aromatic N) is 2. The first kappa shape index (κ1) is 13.5. The highest BCUT2D eigenvalue weighted by molar-refractivity contribution is 5.76. The average molecular weight is 281 g/mol. The van der Waals surface area contributed by atoms with Crippen LogP contribution in [0.1, 0.15) is 18.3 Å². The Labute approximate surface area is 124 Å². The summed E-state index contributed by atoms with van der Waals surface area (Å²) in [7, 11) is 0. The summed E-state index contributed by atoms with van der Waals surface area (Å²) in [6, 6.07) is 13.8. The Morgan fingerprint density at radius 2 is 2.00 bits per heavy atom. The maximum atomic E-state index is 9.75. The summed E-state index contributed by atoms with van der Waals surface area (Å²) in [4.78, 5) is 4.68. The molecule has 0 radical (unpaired) electrons. The van der Waals surface area contributed by atoms with Gasteiger partial charge in [0.05, 0.1) is 17.6 Å². The fraction of sp³-hybridized carbons (Fsp3) is 0.235. The third-order valence-corrected chi connectivity index (χ3v) is 3.71. The molecule has 0 aliphatic heterocycles. The van der Waals surface area contributed by atoms with Gasteiger partial charge in [-0.3, -0.25) is 0 Å². The molecule has 3 rings (SSSR count). The van der Waals surface area contributed by atoms with Crippen molar-refractivity contribution in [1.82, 2.24) is 9.55 Å². The highest BCUT2D eigenvalue weighted by atomic mass is 16.3. The molecule has 3 aromatic rings. The van der Waals surface area contributed by atoms with Crippen LogP contribution in [-0.4, -0.2) is 14.7 Å². The molecule has 0 aliphatic carbocycles. The van der Waals surface area contributed by atoms with E-state index in [9.17, 15) is 5.11 Å². The molecule has 4 nitrogen and oxygen atoms in total. The number of aromatic hydroxyl groups is 1. The van der Waals surface area contributed by atoms with Gasteiger partial charge in [-0.1, -0.05) is 18.2 Å². The zero-order valence-corrected chi connectivity index (χ0v) is 12.3. The molecule has 108 valence electrons. The second-order valence-corrected chi connectivity index (χ2v) is 5.12. The SMILES string of the molecule is CCn1c(CNc2ccc(C)c(O)c2)nc2ccccc21. The van der Waals surface area contributed by atoms with Crippen LogP contribution < -0.4 is 5.32 Å². The highest BCUT2D eigenvalue weighted by Gasteiger charge is 2.08. The van der Waals surface area contributed by atoms with Gasteiger partial charge in [-0.05, 0) is 37.6 Å². The molecule has 0 spiro atoms. The largest absolute Gasteiger partial charge is 0.508 e. The topological polar surface area (TPSA) is 50.1 Å². The third kappa shape index (κ3) is 2.57. The number of nitrogens with one attached hydrogen (secondary N) is 1. The van der Waals surface area contributed by atoms with Crippen LogP contribution in [-0.2, 0) is 13.1 Å². The summed E-state index contributed by atoms with van der Waals surface area (Å²) in [6.07, 6.45) is 0. The first-order chi connectivity index (χ1) is 10.2. The summed E-state index contributed by atoms with van der Waals surface area (Å²) in [6.45, 7) is 5.52. The summed E-state index contributed by atoms with van der Waals surface area (Å²) in [5.74, 6) is 1.31. The quantitative estimate of drug-likeness (QED) is 0.767. The summed E-state index contributed by atoms with van der Waals surface area (Å²) in [5.41, 5.74) is 3.95. The van der Waals surface area contributed by atoms with Crippen molar-refractivity contribution in [2.75, 3.05) is 5.32 Å². The van der Waals surface area contributed by atoms with Gasteiger partial charge in [0.2, 0.25) is 0 Å². The number of hydrogen-bond donors (Lipinski definition) is 2. The van der Waals surface area contributed by atoms with Gasteiger partial charge in [0.1, 0.15) is 11.6 Å². The number of phenols is 1. The normalized spacial score (nSPS) is 11.0. The molecule has 0 saturated carbocycles. The maximum absolute atomic E-state index is 9.75. The molecule has 0 aliphatic rings. The molecular weight excluding hydrogens is 262 g/mol. The molecule has 0 bridgehead atoms. The van der Waals surface area contributed by atoms with Crippen molar-refractivity contribution >= 4 is 16.7 Å². The fourth-order valence-electron chi connectivity index (χ4n) is 2.51. The van der Waals surface area contributed by atoms with Gasteiger partial charge in [0.25, 0.3) is 0 Å². The zero-order valence-electron chi connectivity index (χ0n) is 12.3. The van der Waals surface area contributed by atoms with Gasteiger partial charge in [0, 0.05) is 18.3 Å². The lowest BCUT2D eigenvalue weighted by atomic mass is 10.2. The van der Waals surface area contributed by atoms with Crippen LogP contribution in [0, 0.1) is 6.92 Å². The van der Waals surface area contributed by atoms with E-state index < -0.39 is 0 Å². The Morgan fingerprint density at radius 3 is 2.76 bits per heavy atom. The van der Waals surface area contributed by atoms with E-state index in [1.54, 1.807) is 6.07 Å². The number of benzene rings is 2. The number of hydrogen-bond acceptors (Lipinski definition) is 3. The smallest absolute Gasteiger partial charge is 0.129 e. The van der Waals surface area contributed by atoms with E-state index in [0.717, 1.165) is 34.7 Å². The minimum atomic E-state index is 0.309. The van der Waals surface area contributed by atoms with E-state index >= 15 is 0 Å². The number of fused-ring (bicyclic) bond motifs is 1. The van der Waals surface area contributed by atoms with Crippen LogP contribution in [0.25, 0.3) is 11.0 Å². The number of aryl methyl sites for hydroxylation is 2. The Morgan fingerprint density at radius 1 is 1.19 bits per heavy atom. The number of phenolic OH excluding ortho intramolecular Hbond substituents is 1. The van der Waals surface area contributed by atoms with Crippen molar-refractivity contribution in [2.24, 2.45) is 0 Å². The lowest BCUT2D eigenvalue weighted by Crippen LogP contribution is -2.07. The highest BCUT2D eigenvalue weighted by Crippen LogP contribution is 2.22. The van der Waals surface area contributed by atoms with Crippen LogP contribution in [0.5, 0.6) is 5.75 Å². The van der Waals surface area contributed by atoms with E-state index in [4.69, 9.17) is 0 Å². The molecular formula is C17H19N3O. The van der Waals surface area contributed by atoms with Crippen LogP contribution in [0.4, 0.5) is 5.69 Å². The minimum Gasteiger partial charge on any atom is -0.508 e. The molecule has 1 aromatic heterocycles. The Hall–Kier alpha value is -2.49. The Bertz CT molecular complexity index is 777. The van der Waals surface area contributed by atoms with Crippen molar-refractivity contribution in [1.29, 1.82) is 0 Å².